The zero-order chi connectivity index (χ0) is 14.4. The van der Waals surface area contributed by atoms with Crippen molar-refractivity contribution < 1.29 is 8.78 Å². The summed E-state index contributed by atoms with van der Waals surface area (Å²) < 4.78 is 29.0. The first-order valence-electron chi connectivity index (χ1n) is 7.09. The third-order valence-electron chi connectivity index (χ3n) is 3.99. The van der Waals surface area contributed by atoms with E-state index in [-0.39, 0.29) is 5.69 Å². The molecular weight excluding hydrogens is 268 g/mol. The fraction of sp³-hybridized carbons (Fsp3) is 0.167. The normalized spacial score (nSPS) is 14.6. The molecule has 3 heteroatoms. The van der Waals surface area contributed by atoms with Crippen molar-refractivity contribution >= 4 is 10.9 Å². The second kappa shape index (κ2) is 4.62. The van der Waals surface area contributed by atoms with Gasteiger partial charge in [-0.2, -0.15) is 0 Å². The highest BCUT2D eigenvalue weighted by Gasteiger charge is 2.28. The number of aromatic nitrogens is 1. The molecule has 2 aromatic carbocycles. The molecule has 1 aliphatic rings. The Morgan fingerprint density at radius 2 is 1.62 bits per heavy atom. The summed E-state index contributed by atoms with van der Waals surface area (Å²) in [5, 5.41) is 0.345. The molecule has 0 radical (unpaired) electrons. The predicted octanol–water partition coefficient (Wildman–Crippen LogP) is 5.06. The predicted molar refractivity (Wildman–Crippen MR) is 79.1 cm³/mol. The average molecular weight is 281 g/mol. The number of nitrogens with zero attached hydrogens (tertiary/aromatic N) is 1. The molecule has 1 saturated carbocycles. The van der Waals surface area contributed by atoms with Gasteiger partial charge in [0.1, 0.15) is 5.69 Å². The lowest BCUT2D eigenvalue weighted by Gasteiger charge is -2.10. The maximum absolute atomic E-state index is 14.6. The largest absolute Gasteiger partial charge is 0.244 e. The van der Waals surface area contributed by atoms with E-state index in [4.69, 9.17) is 0 Å². The third kappa shape index (κ3) is 2.00. The van der Waals surface area contributed by atoms with E-state index in [9.17, 15) is 8.78 Å². The molecular formula is C18H13F2N. The minimum atomic E-state index is -0.859. The molecule has 0 N–H and O–H groups in total. The van der Waals surface area contributed by atoms with Gasteiger partial charge in [-0.05, 0) is 30.4 Å². The van der Waals surface area contributed by atoms with Gasteiger partial charge in [-0.1, -0.05) is 42.5 Å². The summed E-state index contributed by atoms with van der Waals surface area (Å²) in [6, 6.07) is 14.4. The highest BCUT2D eigenvalue weighted by molar-refractivity contribution is 5.86. The molecule has 1 aliphatic carbocycles. The lowest BCUT2D eigenvalue weighted by molar-refractivity contribution is 0.515. The highest BCUT2D eigenvalue weighted by atomic mass is 19.2. The van der Waals surface area contributed by atoms with Gasteiger partial charge in [0, 0.05) is 10.9 Å². The number of fused-ring (bicyclic) bond motifs is 1. The van der Waals surface area contributed by atoms with Gasteiger partial charge in [0.25, 0.3) is 0 Å². The van der Waals surface area contributed by atoms with E-state index >= 15 is 0 Å². The van der Waals surface area contributed by atoms with Crippen LogP contribution in [0.15, 0.2) is 48.5 Å². The second-order valence-electron chi connectivity index (χ2n) is 5.47. The molecule has 4 rings (SSSR count). The molecule has 1 aromatic heterocycles. The number of halogens is 2. The van der Waals surface area contributed by atoms with E-state index < -0.39 is 11.6 Å². The fourth-order valence-corrected chi connectivity index (χ4v) is 2.79. The molecule has 0 atom stereocenters. The number of benzene rings is 2. The topological polar surface area (TPSA) is 12.9 Å². The smallest absolute Gasteiger partial charge is 0.185 e. The van der Waals surface area contributed by atoms with E-state index in [2.05, 4.69) is 4.98 Å². The van der Waals surface area contributed by atoms with Gasteiger partial charge in [0.15, 0.2) is 11.6 Å². The molecule has 0 amide bonds. The summed E-state index contributed by atoms with van der Waals surface area (Å²) in [6.45, 7) is 0. The molecule has 21 heavy (non-hydrogen) atoms. The van der Waals surface area contributed by atoms with Crippen molar-refractivity contribution in [2.75, 3.05) is 0 Å². The Labute approximate surface area is 121 Å². The van der Waals surface area contributed by atoms with Crippen molar-refractivity contribution in [3.63, 3.8) is 0 Å². The van der Waals surface area contributed by atoms with Crippen molar-refractivity contribution in [1.82, 2.24) is 4.98 Å². The summed E-state index contributed by atoms with van der Waals surface area (Å²) in [5.74, 6) is -1.28. The van der Waals surface area contributed by atoms with Crippen LogP contribution in [0.5, 0.6) is 0 Å². The van der Waals surface area contributed by atoms with Crippen LogP contribution in [0.1, 0.15) is 24.3 Å². The Balaban J connectivity index is 2.02. The minimum Gasteiger partial charge on any atom is -0.244 e. The van der Waals surface area contributed by atoms with Crippen LogP contribution in [-0.2, 0) is 0 Å². The molecule has 1 heterocycles. The van der Waals surface area contributed by atoms with Gasteiger partial charge in [-0.25, -0.2) is 13.8 Å². The summed E-state index contributed by atoms with van der Waals surface area (Å²) in [7, 11) is 0. The Hall–Kier alpha value is -2.29. The van der Waals surface area contributed by atoms with Crippen LogP contribution in [0.25, 0.3) is 22.2 Å². The molecule has 0 aliphatic heterocycles. The summed E-state index contributed by atoms with van der Waals surface area (Å²) >= 11 is 0. The van der Waals surface area contributed by atoms with Crippen molar-refractivity contribution in [1.29, 1.82) is 0 Å². The van der Waals surface area contributed by atoms with Crippen LogP contribution < -0.4 is 0 Å². The van der Waals surface area contributed by atoms with E-state index in [0.29, 0.717) is 22.4 Å². The summed E-state index contributed by atoms with van der Waals surface area (Å²) in [4.78, 5) is 4.36. The minimum absolute atomic E-state index is 0.0774. The maximum Gasteiger partial charge on any atom is 0.185 e. The zero-order valence-electron chi connectivity index (χ0n) is 11.3. The molecule has 3 aromatic rings. The fourth-order valence-electron chi connectivity index (χ4n) is 2.79. The first-order valence-corrected chi connectivity index (χ1v) is 7.09. The standard InChI is InChI=1S/C18H13F2N/c19-16-15-13(11-9-10-11)7-4-8-14(15)21-18(17(16)20)12-5-2-1-3-6-12/h1-8,11H,9-10H2. The summed E-state index contributed by atoms with van der Waals surface area (Å²) in [5.41, 5.74) is 2.08. The van der Waals surface area contributed by atoms with Gasteiger partial charge < -0.3 is 0 Å². The lowest BCUT2D eigenvalue weighted by atomic mass is 10.0. The van der Waals surface area contributed by atoms with Crippen molar-refractivity contribution in [2.45, 2.75) is 18.8 Å². The molecule has 0 unspecified atom stereocenters. The lowest BCUT2D eigenvalue weighted by Crippen LogP contribution is -1.99. The Morgan fingerprint density at radius 1 is 0.857 bits per heavy atom. The maximum atomic E-state index is 14.6. The number of hydrogen-bond donors (Lipinski definition) is 0. The molecule has 0 saturated heterocycles. The quantitative estimate of drug-likeness (QED) is 0.640. The highest BCUT2D eigenvalue weighted by Crippen LogP contribution is 2.44. The second-order valence-corrected chi connectivity index (χ2v) is 5.47. The Morgan fingerprint density at radius 3 is 2.33 bits per heavy atom. The van der Waals surface area contributed by atoms with Crippen molar-refractivity contribution in [3.8, 4) is 11.3 Å². The van der Waals surface area contributed by atoms with Gasteiger partial charge in [0.05, 0.1) is 5.52 Å². The Kier molecular flexibility index (Phi) is 2.74. The van der Waals surface area contributed by atoms with Crippen LogP contribution >= 0.6 is 0 Å². The van der Waals surface area contributed by atoms with E-state index in [1.165, 1.54) is 0 Å². The van der Waals surface area contributed by atoms with Crippen LogP contribution in [0.2, 0.25) is 0 Å². The van der Waals surface area contributed by atoms with Gasteiger partial charge in [-0.3, -0.25) is 0 Å². The zero-order valence-corrected chi connectivity index (χ0v) is 11.3. The third-order valence-corrected chi connectivity index (χ3v) is 3.99. The number of pyridine rings is 1. The van der Waals surface area contributed by atoms with Crippen molar-refractivity contribution in [3.05, 3.63) is 65.7 Å². The number of hydrogen-bond acceptors (Lipinski definition) is 1. The van der Waals surface area contributed by atoms with Crippen molar-refractivity contribution in [2.24, 2.45) is 0 Å². The van der Waals surface area contributed by atoms with Crippen LogP contribution in [0.4, 0.5) is 8.78 Å². The SMILES string of the molecule is Fc1c(-c2ccccc2)nc2cccc(C3CC3)c2c1F. The molecule has 104 valence electrons. The molecule has 0 bridgehead atoms. The van der Waals surface area contributed by atoms with E-state index in [1.807, 2.05) is 18.2 Å². The average Bonchev–Trinajstić information content (AvgIpc) is 3.36. The number of rotatable bonds is 2. The molecule has 1 fully saturated rings. The van der Waals surface area contributed by atoms with E-state index in [0.717, 1.165) is 18.4 Å². The van der Waals surface area contributed by atoms with Crippen LogP contribution in [0, 0.1) is 11.6 Å². The van der Waals surface area contributed by atoms with E-state index in [1.54, 1.807) is 30.3 Å². The van der Waals surface area contributed by atoms with Gasteiger partial charge >= 0.3 is 0 Å². The first kappa shape index (κ1) is 12.5. The van der Waals surface area contributed by atoms with Crippen LogP contribution in [0.3, 0.4) is 0 Å². The van der Waals surface area contributed by atoms with Gasteiger partial charge in [0.2, 0.25) is 0 Å². The molecule has 1 nitrogen and oxygen atoms in total. The summed E-state index contributed by atoms with van der Waals surface area (Å²) in [6.07, 6.45) is 2.08. The Bertz CT molecular complexity index is 823. The molecule has 0 spiro atoms. The van der Waals surface area contributed by atoms with Crippen LogP contribution in [-0.4, -0.2) is 4.98 Å². The monoisotopic (exact) mass is 281 g/mol. The first-order chi connectivity index (χ1) is 10.3. The van der Waals surface area contributed by atoms with Gasteiger partial charge in [-0.15, -0.1) is 0 Å².